The number of ether oxygens (including phenoxy) is 1. The summed E-state index contributed by atoms with van der Waals surface area (Å²) in [6, 6.07) is 0. The molecule has 0 aliphatic carbocycles. The molecule has 1 unspecified atom stereocenters. The van der Waals surface area contributed by atoms with Gasteiger partial charge in [-0.05, 0) is 32.2 Å². The molecule has 1 aliphatic rings. The van der Waals surface area contributed by atoms with Crippen LogP contribution in [0.1, 0.15) is 38.3 Å². The average Bonchev–Trinajstić information content (AvgIpc) is 2.79. The van der Waals surface area contributed by atoms with Crippen molar-refractivity contribution >= 4 is 0 Å². The summed E-state index contributed by atoms with van der Waals surface area (Å²) in [5, 5.41) is 3.36. The highest BCUT2D eigenvalue weighted by atomic mass is 16.5. The standard InChI is InChI=1S/C13H23N3O/c1-2-6-14-8-12-9-16(11-15-12)10-13-5-3-4-7-17-13/h9,11,13-14H,2-8,10H2,1H3. The molecule has 0 radical (unpaired) electrons. The van der Waals surface area contributed by atoms with E-state index in [4.69, 9.17) is 4.74 Å². The van der Waals surface area contributed by atoms with Crippen molar-refractivity contribution in [2.45, 2.75) is 51.8 Å². The highest BCUT2D eigenvalue weighted by molar-refractivity contribution is 4.96. The first kappa shape index (κ1) is 12.6. The van der Waals surface area contributed by atoms with Crippen LogP contribution in [0.25, 0.3) is 0 Å². The Morgan fingerprint density at radius 3 is 3.24 bits per heavy atom. The molecular weight excluding hydrogens is 214 g/mol. The molecule has 2 rings (SSSR count). The van der Waals surface area contributed by atoms with Gasteiger partial charge >= 0.3 is 0 Å². The van der Waals surface area contributed by atoms with E-state index in [2.05, 4.69) is 28.0 Å². The van der Waals surface area contributed by atoms with E-state index in [0.29, 0.717) is 6.10 Å². The van der Waals surface area contributed by atoms with Gasteiger partial charge < -0.3 is 14.6 Å². The van der Waals surface area contributed by atoms with Crippen molar-refractivity contribution in [1.29, 1.82) is 0 Å². The number of aromatic nitrogens is 2. The molecule has 4 heteroatoms. The van der Waals surface area contributed by atoms with Crippen LogP contribution in [0.4, 0.5) is 0 Å². The summed E-state index contributed by atoms with van der Waals surface area (Å²) in [4.78, 5) is 4.40. The number of rotatable bonds is 6. The maximum atomic E-state index is 5.73. The van der Waals surface area contributed by atoms with Gasteiger partial charge in [0.15, 0.2) is 0 Å². The van der Waals surface area contributed by atoms with Gasteiger partial charge in [-0.25, -0.2) is 4.98 Å². The molecule has 0 spiro atoms. The van der Waals surface area contributed by atoms with Crippen LogP contribution >= 0.6 is 0 Å². The monoisotopic (exact) mass is 237 g/mol. The van der Waals surface area contributed by atoms with E-state index in [-0.39, 0.29) is 0 Å². The first-order chi connectivity index (χ1) is 8.38. The molecular formula is C13H23N3O. The smallest absolute Gasteiger partial charge is 0.0950 e. The molecule has 96 valence electrons. The van der Waals surface area contributed by atoms with Gasteiger partial charge in [-0.2, -0.15) is 0 Å². The highest BCUT2D eigenvalue weighted by Gasteiger charge is 2.14. The molecule has 0 bridgehead atoms. The minimum Gasteiger partial charge on any atom is -0.376 e. The number of hydrogen-bond donors (Lipinski definition) is 1. The Balaban J connectivity index is 1.76. The molecule has 0 aromatic carbocycles. The summed E-state index contributed by atoms with van der Waals surface area (Å²) in [6.07, 6.45) is 9.28. The van der Waals surface area contributed by atoms with Crippen molar-refractivity contribution in [2.75, 3.05) is 13.2 Å². The molecule has 1 atom stereocenters. The summed E-state index contributed by atoms with van der Waals surface area (Å²) in [7, 11) is 0. The minimum absolute atomic E-state index is 0.384. The second-order valence-corrected chi connectivity index (χ2v) is 4.73. The summed E-state index contributed by atoms with van der Waals surface area (Å²) in [5.74, 6) is 0. The van der Waals surface area contributed by atoms with Crippen molar-refractivity contribution in [3.63, 3.8) is 0 Å². The largest absolute Gasteiger partial charge is 0.376 e. The van der Waals surface area contributed by atoms with Crippen LogP contribution in [0.15, 0.2) is 12.5 Å². The number of hydrogen-bond acceptors (Lipinski definition) is 3. The first-order valence-electron chi connectivity index (χ1n) is 6.71. The molecule has 1 aliphatic heterocycles. The summed E-state index contributed by atoms with van der Waals surface area (Å²) >= 11 is 0. The highest BCUT2D eigenvalue weighted by Crippen LogP contribution is 2.14. The Kier molecular flexibility index (Phi) is 5.01. The molecule has 0 saturated carbocycles. The minimum atomic E-state index is 0.384. The van der Waals surface area contributed by atoms with Gasteiger partial charge in [0, 0.05) is 25.9 Å². The van der Waals surface area contributed by atoms with Crippen LogP contribution in [-0.2, 0) is 17.8 Å². The SMILES string of the molecule is CCCNCc1cn(CC2CCCCO2)cn1. The van der Waals surface area contributed by atoms with Crippen LogP contribution in [0.3, 0.4) is 0 Å². The van der Waals surface area contributed by atoms with E-state index in [1.165, 1.54) is 19.3 Å². The summed E-state index contributed by atoms with van der Waals surface area (Å²) in [5.41, 5.74) is 1.12. The lowest BCUT2D eigenvalue weighted by Gasteiger charge is -2.22. The van der Waals surface area contributed by atoms with Crippen LogP contribution in [0.5, 0.6) is 0 Å². The van der Waals surface area contributed by atoms with Crippen molar-refractivity contribution in [2.24, 2.45) is 0 Å². The molecule has 17 heavy (non-hydrogen) atoms. The zero-order valence-corrected chi connectivity index (χ0v) is 10.7. The van der Waals surface area contributed by atoms with Crippen LogP contribution in [0.2, 0.25) is 0 Å². The number of nitrogens with zero attached hydrogens (tertiary/aromatic N) is 2. The second-order valence-electron chi connectivity index (χ2n) is 4.73. The van der Waals surface area contributed by atoms with Gasteiger partial charge in [-0.15, -0.1) is 0 Å². The third-order valence-corrected chi connectivity index (χ3v) is 3.11. The van der Waals surface area contributed by atoms with Crippen molar-refractivity contribution < 1.29 is 4.74 Å². The number of nitrogens with one attached hydrogen (secondary N) is 1. The van der Waals surface area contributed by atoms with Crippen molar-refractivity contribution in [3.8, 4) is 0 Å². The fraction of sp³-hybridized carbons (Fsp3) is 0.769. The van der Waals surface area contributed by atoms with Crippen LogP contribution in [0, 0.1) is 0 Å². The molecule has 1 aromatic rings. The Morgan fingerprint density at radius 1 is 1.53 bits per heavy atom. The summed E-state index contributed by atoms with van der Waals surface area (Å²) < 4.78 is 7.88. The second kappa shape index (κ2) is 6.77. The van der Waals surface area contributed by atoms with Gasteiger partial charge in [-0.3, -0.25) is 0 Å². The van der Waals surface area contributed by atoms with E-state index in [9.17, 15) is 0 Å². The molecule has 1 N–H and O–H groups in total. The molecule has 1 aromatic heterocycles. The van der Waals surface area contributed by atoms with Crippen LogP contribution in [-0.4, -0.2) is 28.8 Å². The lowest BCUT2D eigenvalue weighted by Crippen LogP contribution is -2.23. The van der Waals surface area contributed by atoms with Crippen LogP contribution < -0.4 is 5.32 Å². The Morgan fingerprint density at radius 2 is 2.47 bits per heavy atom. The Bertz CT molecular complexity index is 318. The zero-order valence-electron chi connectivity index (χ0n) is 10.7. The lowest BCUT2D eigenvalue weighted by molar-refractivity contribution is 0.00596. The molecule has 2 heterocycles. The van der Waals surface area contributed by atoms with E-state index in [1.54, 1.807) is 0 Å². The van der Waals surface area contributed by atoms with Gasteiger partial charge in [0.25, 0.3) is 0 Å². The fourth-order valence-corrected chi connectivity index (χ4v) is 2.18. The zero-order chi connectivity index (χ0) is 11.9. The average molecular weight is 237 g/mol. The van der Waals surface area contributed by atoms with Gasteiger partial charge in [-0.1, -0.05) is 6.92 Å². The van der Waals surface area contributed by atoms with Gasteiger partial charge in [0.2, 0.25) is 0 Å². The van der Waals surface area contributed by atoms with Gasteiger partial charge in [0.05, 0.1) is 18.1 Å². The van der Waals surface area contributed by atoms with E-state index in [0.717, 1.165) is 38.4 Å². The predicted molar refractivity (Wildman–Crippen MR) is 67.8 cm³/mol. The quantitative estimate of drug-likeness (QED) is 0.769. The predicted octanol–water partition coefficient (Wildman–Crippen LogP) is 1.95. The normalized spacial score (nSPS) is 20.6. The van der Waals surface area contributed by atoms with E-state index >= 15 is 0 Å². The lowest BCUT2D eigenvalue weighted by atomic mass is 10.1. The van der Waals surface area contributed by atoms with Crippen molar-refractivity contribution in [3.05, 3.63) is 18.2 Å². The van der Waals surface area contributed by atoms with E-state index < -0.39 is 0 Å². The molecule has 1 saturated heterocycles. The Labute approximate surface area is 103 Å². The third-order valence-electron chi connectivity index (χ3n) is 3.11. The molecule has 1 fully saturated rings. The van der Waals surface area contributed by atoms with E-state index in [1.807, 2.05) is 6.33 Å². The maximum absolute atomic E-state index is 5.73. The maximum Gasteiger partial charge on any atom is 0.0950 e. The van der Waals surface area contributed by atoms with Gasteiger partial charge in [0.1, 0.15) is 0 Å². The van der Waals surface area contributed by atoms with Crippen molar-refractivity contribution in [1.82, 2.24) is 14.9 Å². The molecule has 4 nitrogen and oxygen atoms in total. The Hall–Kier alpha value is -0.870. The molecule has 0 amide bonds. The number of imidazole rings is 1. The third kappa shape index (κ3) is 4.13. The fourth-order valence-electron chi connectivity index (χ4n) is 2.18. The summed E-state index contributed by atoms with van der Waals surface area (Å²) in [6.45, 7) is 5.96. The first-order valence-corrected chi connectivity index (χ1v) is 6.71. The topological polar surface area (TPSA) is 39.1 Å².